The number of rotatable bonds is 3. The standard InChI is InChI=1S/C12H16ClNOS/c1-15-12-3-2-10(8-11(12)13)14-9-4-6-16-7-5-9/h2-3,8-9,14H,4-7H2,1H3. The average molecular weight is 258 g/mol. The second-order valence-corrected chi connectivity index (χ2v) is 5.51. The number of hydrogen-bond donors (Lipinski definition) is 1. The van der Waals surface area contributed by atoms with Gasteiger partial charge in [0.15, 0.2) is 0 Å². The monoisotopic (exact) mass is 257 g/mol. The quantitative estimate of drug-likeness (QED) is 0.893. The Labute approximate surface area is 106 Å². The fourth-order valence-electron chi connectivity index (χ4n) is 1.83. The van der Waals surface area contributed by atoms with E-state index in [0.29, 0.717) is 11.1 Å². The lowest BCUT2D eigenvalue weighted by Gasteiger charge is -2.23. The largest absolute Gasteiger partial charge is 0.495 e. The van der Waals surface area contributed by atoms with E-state index in [1.54, 1.807) is 7.11 Å². The number of ether oxygens (including phenoxy) is 1. The summed E-state index contributed by atoms with van der Waals surface area (Å²) in [7, 11) is 1.63. The Kier molecular flexibility index (Phi) is 4.24. The molecule has 0 bridgehead atoms. The summed E-state index contributed by atoms with van der Waals surface area (Å²) >= 11 is 8.11. The molecule has 1 fully saturated rings. The molecule has 0 spiro atoms. The summed E-state index contributed by atoms with van der Waals surface area (Å²) in [5.74, 6) is 3.23. The van der Waals surface area contributed by atoms with Crippen molar-refractivity contribution in [3.8, 4) is 5.75 Å². The highest BCUT2D eigenvalue weighted by molar-refractivity contribution is 7.99. The van der Waals surface area contributed by atoms with Crippen molar-refractivity contribution in [3.63, 3.8) is 0 Å². The average Bonchev–Trinajstić information content (AvgIpc) is 2.31. The van der Waals surface area contributed by atoms with Crippen LogP contribution in [0.4, 0.5) is 5.69 Å². The maximum Gasteiger partial charge on any atom is 0.137 e. The number of methoxy groups -OCH3 is 1. The zero-order chi connectivity index (χ0) is 11.4. The van der Waals surface area contributed by atoms with Crippen molar-refractivity contribution in [2.24, 2.45) is 0 Å². The molecular weight excluding hydrogens is 242 g/mol. The minimum atomic E-state index is 0.589. The van der Waals surface area contributed by atoms with Crippen LogP contribution in [-0.2, 0) is 0 Å². The van der Waals surface area contributed by atoms with Crippen LogP contribution in [-0.4, -0.2) is 24.7 Å². The van der Waals surface area contributed by atoms with Crippen LogP contribution in [0.2, 0.25) is 5.02 Å². The second-order valence-electron chi connectivity index (χ2n) is 3.88. The van der Waals surface area contributed by atoms with E-state index in [0.717, 1.165) is 11.4 Å². The van der Waals surface area contributed by atoms with Crippen molar-refractivity contribution in [3.05, 3.63) is 23.2 Å². The molecule has 1 aromatic rings. The lowest BCUT2D eigenvalue weighted by molar-refractivity contribution is 0.415. The zero-order valence-corrected chi connectivity index (χ0v) is 10.9. The molecule has 1 aliphatic rings. The van der Waals surface area contributed by atoms with Gasteiger partial charge in [-0.1, -0.05) is 11.6 Å². The van der Waals surface area contributed by atoms with E-state index in [2.05, 4.69) is 5.32 Å². The summed E-state index contributed by atoms with van der Waals surface area (Å²) in [6, 6.07) is 6.45. The summed E-state index contributed by atoms with van der Waals surface area (Å²) < 4.78 is 5.13. The summed E-state index contributed by atoms with van der Waals surface area (Å²) in [5.41, 5.74) is 1.09. The summed E-state index contributed by atoms with van der Waals surface area (Å²) in [5, 5.41) is 4.18. The third-order valence-electron chi connectivity index (χ3n) is 2.74. The minimum Gasteiger partial charge on any atom is -0.495 e. The van der Waals surface area contributed by atoms with Gasteiger partial charge in [0.25, 0.3) is 0 Å². The molecule has 16 heavy (non-hydrogen) atoms. The molecule has 4 heteroatoms. The molecule has 1 aromatic carbocycles. The molecule has 0 aromatic heterocycles. The Hall–Kier alpha value is -0.540. The predicted octanol–water partition coefficient (Wildman–Crippen LogP) is 3.66. The van der Waals surface area contributed by atoms with E-state index in [-0.39, 0.29) is 0 Å². The van der Waals surface area contributed by atoms with Gasteiger partial charge in [0.05, 0.1) is 12.1 Å². The first-order chi connectivity index (χ1) is 7.79. The fraction of sp³-hybridized carbons (Fsp3) is 0.500. The molecule has 2 rings (SSSR count). The Balaban J connectivity index is 2.01. The molecule has 0 amide bonds. The lowest BCUT2D eigenvalue weighted by Crippen LogP contribution is -2.24. The van der Waals surface area contributed by atoms with Gasteiger partial charge in [-0.2, -0.15) is 11.8 Å². The summed E-state index contributed by atoms with van der Waals surface area (Å²) in [6.45, 7) is 0. The molecule has 0 unspecified atom stereocenters. The maximum absolute atomic E-state index is 6.08. The normalized spacial score (nSPS) is 17.1. The molecule has 1 aliphatic heterocycles. The van der Waals surface area contributed by atoms with Gasteiger partial charge in [-0.05, 0) is 42.5 Å². The molecule has 88 valence electrons. The van der Waals surface area contributed by atoms with E-state index in [4.69, 9.17) is 16.3 Å². The fourth-order valence-corrected chi connectivity index (χ4v) is 3.20. The molecule has 1 N–H and O–H groups in total. The first kappa shape index (κ1) is 11.9. The predicted molar refractivity (Wildman–Crippen MR) is 72.0 cm³/mol. The van der Waals surface area contributed by atoms with Crippen LogP contribution in [0.15, 0.2) is 18.2 Å². The van der Waals surface area contributed by atoms with Gasteiger partial charge in [-0.25, -0.2) is 0 Å². The van der Waals surface area contributed by atoms with E-state index in [1.165, 1.54) is 24.3 Å². The third-order valence-corrected chi connectivity index (χ3v) is 4.09. The molecule has 1 saturated heterocycles. The Morgan fingerprint density at radius 3 is 2.75 bits per heavy atom. The van der Waals surface area contributed by atoms with Gasteiger partial charge in [-0.3, -0.25) is 0 Å². The van der Waals surface area contributed by atoms with Gasteiger partial charge in [0, 0.05) is 11.7 Å². The van der Waals surface area contributed by atoms with Crippen LogP contribution >= 0.6 is 23.4 Å². The molecule has 0 radical (unpaired) electrons. The first-order valence-electron chi connectivity index (χ1n) is 5.47. The smallest absolute Gasteiger partial charge is 0.137 e. The van der Waals surface area contributed by atoms with Crippen LogP contribution in [0.3, 0.4) is 0 Å². The highest BCUT2D eigenvalue weighted by atomic mass is 35.5. The van der Waals surface area contributed by atoms with E-state index in [9.17, 15) is 0 Å². The summed E-state index contributed by atoms with van der Waals surface area (Å²) in [6.07, 6.45) is 2.46. The van der Waals surface area contributed by atoms with Gasteiger partial charge >= 0.3 is 0 Å². The lowest BCUT2D eigenvalue weighted by atomic mass is 10.1. The molecule has 0 atom stereocenters. The number of thioether (sulfide) groups is 1. The molecule has 1 heterocycles. The second kappa shape index (κ2) is 5.69. The van der Waals surface area contributed by atoms with Crippen molar-refractivity contribution in [2.45, 2.75) is 18.9 Å². The Bertz CT molecular complexity index is 353. The molecule has 0 saturated carbocycles. The molecule has 0 aliphatic carbocycles. The van der Waals surface area contributed by atoms with Gasteiger partial charge in [-0.15, -0.1) is 0 Å². The third kappa shape index (κ3) is 2.98. The van der Waals surface area contributed by atoms with Crippen LogP contribution in [0.1, 0.15) is 12.8 Å². The Morgan fingerprint density at radius 1 is 1.38 bits per heavy atom. The zero-order valence-electron chi connectivity index (χ0n) is 9.33. The van der Waals surface area contributed by atoms with Gasteiger partial charge in [0.2, 0.25) is 0 Å². The van der Waals surface area contributed by atoms with E-state index >= 15 is 0 Å². The SMILES string of the molecule is COc1ccc(NC2CCSCC2)cc1Cl. The van der Waals surface area contributed by atoms with Crippen molar-refractivity contribution >= 4 is 29.1 Å². The van der Waals surface area contributed by atoms with Gasteiger partial charge in [0.1, 0.15) is 5.75 Å². The maximum atomic E-state index is 6.08. The van der Waals surface area contributed by atoms with Crippen molar-refractivity contribution in [2.75, 3.05) is 23.9 Å². The highest BCUT2D eigenvalue weighted by Gasteiger charge is 2.13. The van der Waals surface area contributed by atoms with Crippen LogP contribution in [0, 0.1) is 0 Å². The van der Waals surface area contributed by atoms with Crippen LogP contribution in [0.5, 0.6) is 5.75 Å². The molecule has 2 nitrogen and oxygen atoms in total. The minimum absolute atomic E-state index is 0.589. The van der Waals surface area contributed by atoms with Crippen LogP contribution < -0.4 is 10.1 Å². The van der Waals surface area contributed by atoms with Crippen molar-refractivity contribution < 1.29 is 4.74 Å². The van der Waals surface area contributed by atoms with Gasteiger partial charge < -0.3 is 10.1 Å². The van der Waals surface area contributed by atoms with Crippen LogP contribution in [0.25, 0.3) is 0 Å². The number of anilines is 1. The van der Waals surface area contributed by atoms with Crippen molar-refractivity contribution in [1.82, 2.24) is 0 Å². The topological polar surface area (TPSA) is 21.3 Å². The Morgan fingerprint density at radius 2 is 2.12 bits per heavy atom. The number of hydrogen-bond acceptors (Lipinski definition) is 3. The van der Waals surface area contributed by atoms with E-state index < -0.39 is 0 Å². The number of benzene rings is 1. The number of halogens is 1. The number of nitrogens with one attached hydrogen (secondary N) is 1. The molecular formula is C12H16ClNOS. The first-order valence-corrected chi connectivity index (χ1v) is 7.00. The summed E-state index contributed by atoms with van der Waals surface area (Å²) in [4.78, 5) is 0. The van der Waals surface area contributed by atoms with E-state index in [1.807, 2.05) is 30.0 Å². The highest BCUT2D eigenvalue weighted by Crippen LogP contribution is 2.28. The van der Waals surface area contributed by atoms with Crippen molar-refractivity contribution in [1.29, 1.82) is 0 Å².